The Kier molecular flexibility index (Phi) is 7.84. The quantitative estimate of drug-likeness (QED) is 0.527. The predicted molar refractivity (Wildman–Crippen MR) is 66.9 cm³/mol. The average Bonchev–Trinajstić information content (AvgIpc) is 2.22. The predicted octanol–water partition coefficient (Wildman–Crippen LogP) is 1.70. The van der Waals surface area contributed by atoms with Crippen LogP contribution in [0.15, 0.2) is 12.2 Å². The minimum absolute atomic E-state index is 0.246. The fraction of sp³-hybridized carbons (Fsp3) is 0.667. The van der Waals surface area contributed by atoms with Crippen LogP contribution in [0.5, 0.6) is 0 Å². The molecule has 0 aliphatic rings. The monoisotopic (exact) mass is 242 g/mol. The van der Waals surface area contributed by atoms with E-state index in [-0.39, 0.29) is 18.5 Å². The summed E-state index contributed by atoms with van der Waals surface area (Å²) in [6, 6.07) is -0.314. The van der Waals surface area contributed by atoms with Crippen LogP contribution in [-0.2, 0) is 4.79 Å². The van der Waals surface area contributed by atoms with Gasteiger partial charge < -0.3 is 15.3 Å². The van der Waals surface area contributed by atoms with E-state index in [0.717, 1.165) is 6.42 Å². The maximum Gasteiger partial charge on any atom is 0.323 e. The summed E-state index contributed by atoms with van der Waals surface area (Å²) in [6.45, 7) is 6.52. The summed E-state index contributed by atoms with van der Waals surface area (Å²) in [4.78, 5) is 23.7. The Labute approximate surface area is 102 Å². The number of allylic oxidation sites excluding steroid dienone is 1. The lowest BCUT2D eigenvalue weighted by atomic mass is 10.2. The Hall–Kier alpha value is -1.52. The number of urea groups is 1. The number of hydrogen-bond acceptors (Lipinski definition) is 2. The molecular formula is C12H22N2O3. The lowest BCUT2D eigenvalue weighted by Crippen LogP contribution is -2.44. The molecule has 0 heterocycles. The van der Waals surface area contributed by atoms with Crippen LogP contribution in [-0.4, -0.2) is 41.6 Å². The summed E-state index contributed by atoms with van der Waals surface area (Å²) >= 11 is 0. The number of carboxylic acid groups (broad SMARTS) is 1. The van der Waals surface area contributed by atoms with E-state index >= 15 is 0 Å². The normalized spacial score (nSPS) is 10.8. The van der Waals surface area contributed by atoms with Crippen molar-refractivity contribution < 1.29 is 14.7 Å². The molecule has 0 aromatic carbocycles. The Bertz CT molecular complexity index is 275. The summed E-state index contributed by atoms with van der Waals surface area (Å²) in [6.07, 6.45) is 4.62. The highest BCUT2D eigenvalue weighted by Gasteiger charge is 2.16. The summed E-state index contributed by atoms with van der Waals surface area (Å²) in [5.41, 5.74) is 0. The van der Waals surface area contributed by atoms with Gasteiger partial charge in [0.15, 0.2) is 0 Å². The zero-order valence-electron chi connectivity index (χ0n) is 10.8. The van der Waals surface area contributed by atoms with Gasteiger partial charge in [-0.2, -0.15) is 0 Å². The minimum atomic E-state index is -0.991. The maximum atomic E-state index is 11.7. The molecule has 0 rings (SSSR count). The molecule has 5 nitrogen and oxygen atoms in total. The highest BCUT2D eigenvalue weighted by molar-refractivity contribution is 5.80. The molecule has 0 aliphatic heterocycles. The highest BCUT2D eigenvalue weighted by atomic mass is 16.4. The van der Waals surface area contributed by atoms with E-state index in [1.807, 2.05) is 32.9 Å². The molecule has 17 heavy (non-hydrogen) atoms. The second-order valence-electron chi connectivity index (χ2n) is 4.26. The number of nitrogens with zero attached hydrogens (tertiary/aromatic N) is 1. The maximum absolute atomic E-state index is 11.7. The molecule has 0 bridgehead atoms. The number of nitrogens with one attached hydrogen (secondary N) is 1. The molecule has 0 spiro atoms. The van der Waals surface area contributed by atoms with E-state index in [9.17, 15) is 9.59 Å². The van der Waals surface area contributed by atoms with Gasteiger partial charge in [0, 0.05) is 13.1 Å². The van der Waals surface area contributed by atoms with Crippen molar-refractivity contribution in [3.63, 3.8) is 0 Å². The Morgan fingerprint density at radius 3 is 2.53 bits per heavy atom. The van der Waals surface area contributed by atoms with E-state index in [1.54, 1.807) is 0 Å². The summed E-state index contributed by atoms with van der Waals surface area (Å²) in [7, 11) is 0. The Morgan fingerprint density at radius 1 is 1.41 bits per heavy atom. The molecule has 0 fully saturated rings. The van der Waals surface area contributed by atoms with E-state index in [1.165, 1.54) is 4.90 Å². The molecule has 0 radical (unpaired) electrons. The molecule has 0 aromatic rings. The fourth-order valence-electron chi connectivity index (χ4n) is 1.36. The number of amides is 2. The third-order valence-electron chi connectivity index (χ3n) is 2.02. The van der Waals surface area contributed by atoms with Crippen LogP contribution < -0.4 is 5.32 Å². The van der Waals surface area contributed by atoms with Gasteiger partial charge in [-0.15, -0.1) is 0 Å². The lowest BCUT2D eigenvalue weighted by molar-refractivity contribution is -0.137. The third kappa shape index (κ3) is 8.30. The first-order valence-corrected chi connectivity index (χ1v) is 5.83. The first-order valence-electron chi connectivity index (χ1n) is 5.83. The molecule has 0 saturated carbocycles. The van der Waals surface area contributed by atoms with Crippen molar-refractivity contribution in [3.8, 4) is 0 Å². The second kappa shape index (κ2) is 8.61. The Balaban J connectivity index is 4.16. The van der Waals surface area contributed by atoms with Gasteiger partial charge in [-0.05, 0) is 19.3 Å². The van der Waals surface area contributed by atoms with Gasteiger partial charge in [0.05, 0.1) is 0 Å². The van der Waals surface area contributed by atoms with E-state index in [2.05, 4.69) is 5.32 Å². The summed E-state index contributed by atoms with van der Waals surface area (Å²) in [5.74, 6) is -0.745. The van der Waals surface area contributed by atoms with Gasteiger partial charge in [0.1, 0.15) is 6.54 Å². The van der Waals surface area contributed by atoms with Crippen LogP contribution >= 0.6 is 0 Å². The topological polar surface area (TPSA) is 69.6 Å². The average molecular weight is 242 g/mol. The molecule has 5 heteroatoms. The highest BCUT2D eigenvalue weighted by Crippen LogP contribution is 1.99. The van der Waals surface area contributed by atoms with Gasteiger partial charge >= 0.3 is 12.0 Å². The zero-order chi connectivity index (χ0) is 13.3. The van der Waals surface area contributed by atoms with Crippen LogP contribution in [0.1, 0.15) is 27.2 Å². The van der Waals surface area contributed by atoms with Crippen molar-refractivity contribution in [2.24, 2.45) is 5.92 Å². The number of carbonyl (C=O) groups is 2. The van der Waals surface area contributed by atoms with Crippen LogP contribution in [0, 0.1) is 5.92 Å². The smallest absolute Gasteiger partial charge is 0.323 e. The number of carbonyl (C=O) groups excluding carboxylic acids is 1. The first kappa shape index (κ1) is 15.5. The lowest BCUT2D eigenvalue weighted by Gasteiger charge is -2.22. The van der Waals surface area contributed by atoms with Crippen molar-refractivity contribution in [1.29, 1.82) is 0 Å². The number of aliphatic carboxylic acids is 1. The molecule has 0 unspecified atom stereocenters. The fourth-order valence-corrected chi connectivity index (χ4v) is 1.36. The molecule has 0 aromatic heterocycles. The van der Waals surface area contributed by atoms with Gasteiger partial charge in [0.2, 0.25) is 0 Å². The minimum Gasteiger partial charge on any atom is -0.480 e. The first-order chi connectivity index (χ1) is 7.97. The zero-order valence-corrected chi connectivity index (χ0v) is 10.8. The summed E-state index contributed by atoms with van der Waals surface area (Å²) in [5, 5.41) is 11.4. The van der Waals surface area contributed by atoms with Crippen molar-refractivity contribution in [2.45, 2.75) is 27.2 Å². The number of rotatable bonds is 7. The van der Waals surface area contributed by atoms with Crippen molar-refractivity contribution in [1.82, 2.24) is 10.2 Å². The van der Waals surface area contributed by atoms with Crippen LogP contribution in [0.3, 0.4) is 0 Å². The molecule has 98 valence electrons. The van der Waals surface area contributed by atoms with Crippen LogP contribution in [0.25, 0.3) is 0 Å². The van der Waals surface area contributed by atoms with Crippen molar-refractivity contribution in [3.05, 3.63) is 12.2 Å². The van der Waals surface area contributed by atoms with Gasteiger partial charge in [-0.3, -0.25) is 4.79 Å². The van der Waals surface area contributed by atoms with Crippen molar-refractivity contribution in [2.75, 3.05) is 19.6 Å². The molecule has 0 saturated heterocycles. The molecule has 2 N–H and O–H groups in total. The van der Waals surface area contributed by atoms with Crippen LogP contribution in [0.2, 0.25) is 0 Å². The van der Waals surface area contributed by atoms with Gasteiger partial charge in [0.25, 0.3) is 0 Å². The summed E-state index contributed by atoms with van der Waals surface area (Å²) < 4.78 is 0. The Morgan fingerprint density at radius 2 is 2.06 bits per heavy atom. The third-order valence-corrected chi connectivity index (χ3v) is 2.02. The molecule has 0 atom stereocenters. The number of hydrogen-bond donors (Lipinski definition) is 2. The standard InChI is InChI=1S/C12H22N2O3/c1-4-5-6-7-13-12(17)14(8-10(2)3)9-11(15)16/h4-5,10H,6-9H2,1-3H3,(H,13,17)(H,15,16)/b5-4+. The van der Waals surface area contributed by atoms with E-state index in [4.69, 9.17) is 5.11 Å². The van der Waals surface area contributed by atoms with Crippen molar-refractivity contribution >= 4 is 12.0 Å². The second-order valence-corrected chi connectivity index (χ2v) is 4.26. The number of carboxylic acids is 1. The molecule has 0 aliphatic carbocycles. The van der Waals surface area contributed by atoms with Gasteiger partial charge in [-0.25, -0.2) is 4.79 Å². The molecular weight excluding hydrogens is 220 g/mol. The largest absolute Gasteiger partial charge is 0.480 e. The van der Waals surface area contributed by atoms with Gasteiger partial charge in [-0.1, -0.05) is 26.0 Å². The van der Waals surface area contributed by atoms with Crippen LogP contribution in [0.4, 0.5) is 4.79 Å². The van der Waals surface area contributed by atoms with E-state index < -0.39 is 5.97 Å². The van der Waals surface area contributed by atoms with E-state index in [0.29, 0.717) is 13.1 Å². The molecule has 2 amide bonds. The SMILES string of the molecule is C/C=C/CCNC(=O)N(CC(=O)O)CC(C)C.